The molecule has 0 bridgehead atoms. The molecule has 6 heteroatoms. The number of nitrogens with one attached hydrogen (secondary N) is 1. The van der Waals surface area contributed by atoms with E-state index in [1.54, 1.807) is 17.4 Å². The average molecular weight is 348 g/mol. The Labute approximate surface area is 142 Å². The molecule has 0 aliphatic heterocycles. The minimum Gasteiger partial charge on any atom is -0.302 e. The van der Waals surface area contributed by atoms with Crippen LogP contribution >= 0.6 is 22.7 Å². The van der Waals surface area contributed by atoms with Crippen LogP contribution in [0, 0.1) is 19.7 Å². The number of thiazole rings is 1. The molecular formula is C17H17FN2OS2. The molecule has 3 aromatic rings. The van der Waals surface area contributed by atoms with Gasteiger partial charge in [0.25, 0.3) is 0 Å². The summed E-state index contributed by atoms with van der Waals surface area (Å²) in [5, 5.41) is 3.33. The number of carbonyl (C=O) groups is 1. The number of benzene rings is 1. The average Bonchev–Trinajstić information content (AvgIpc) is 3.01. The van der Waals surface area contributed by atoms with Gasteiger partial charge in [-0.15, -0.1) is 11.3 Å². The van der Waals surface area contributed by atoms with Gasteiger partial charge in [0, 0.05) is 16.2 Å². The van der Waals surface area contributed by atoms with Gasteiger partial charge in [-0.05, 0) is 56.5 Å². The summed E-state index contributed by atoms with van der Waals surface area (Å²) in [5.41, 5.74) is 2.03. The predicted molar refractivity (Wildman–Crippen MR) is 94.9 cm³/mol. The van der Waals surface area contributed by atoms with Gasteiger partial charge in [-0.2, -0.15) is 0 Å². The molecule has 0 fully saturated rings. The van der Waals surface area contributed by atoms with Gasteiger partial charge in [-0.3, -0.25) is 4.79 Å². The van der Waals surface area contributed by atoms with Gasteiger partial charge in [0.15, 0.2) is 5.13 Å². The zero-order chi connectivity index (χ0) is 16.4. The molecule has 23 heavy (non-hydrogen) atoms. The number of aromatic nitrogens is 1. The molecule has 120 valence electrons. The first-order chi connectivity index (χ1) is 11.0. The summed E-state index contributed by atoms with van der Waals surface area (Å²) in [6.07, 6.45) is 2.18. The summed E-state index contributed by atoms with van der Waals surface area (Å²) in [7, 11) is 0. The number of carbonyl (C=O) groups excluding carboxylic acids is 1. The molecular weight excluding hydrogens is 331 g/mol. The molecule has 2 heterocycles. The number of hydrogen-bond donors (Lipinski definition) is 1. The highest BCUT2D eigenvalue weighted by molar-refractivity contribution is 7.22. The van der Waals surface area contributed by atoms with Crippen molar-refractivity contribution in [2.24, 2.45) is 0 Å². The third kappa shape index (κ3) is 3.95. The minimum absolute atomic E-state index is 0.0471. The maximum atomic E-state index is 13.2. The number of rotatable bonds is 5. The highest BCUT2D eigenvalue weighted by atomic mass is 32.1. The number of thiophene rings is 1. The van der Waals surface area contributed by atoms with Crippen molar-refractivity contribution in [3.05, 3.63) is 45.4 Å². The third-order valence-electron chi connectivity index (χ3n) is 3.59. The lowest BCUT2D eigenvalue weighted by molar-refractivity contribution is -0.116. The molecule has 1 aromatic carbocycles. The topological polar surface area (TPSA) is 42.0 Å². The molecule has 0 spiro atoms. The molecule has 0 atom stereocenters. The highest BCUT2D eigenvalue weighted by Crippen LogP contribution is 2.27. The van der Waals surface area contributed by atoms with Gasteiger partial charge in [0.1, 0.15) is 5.82 Å². The lowest BCUT2D eigenvalue weighted by Gasteiger charge is -2.02. The lowest BCUT2D eigenvalue weighted by atomic mass is 10.1. The van der Waals surface area contributed by atoms with Crippen molar-refractivity contribution in [3.63, 3.8) is 0 Å². The fraction of sp³-hybridized carbons (Fsp3) is 0.294. The summed E-state index contributed by atoms with van der Waals surface area (Å²) < 4.78 is 13.9. The molecule has 1 N–H and O–H groups in total. The largest absolute Gasteiger partial charge is 0.302 e. The van der Waals surface area contributed by atoms with E-state index in [-0.39, 0.29) is 11.7 Å². The summed E-state index contributed by atoms with van der Waals surface area (Å²) in [4.78, 5) is 19.0. The Bertz CT molecular complexity index is 854. The van der Waals surface area contributed by atoms with E-state index in [4.69, 9.17) is 0 Å². The summed E-state index contributed by atoms with van der Waals surface area (Å²) in [5.74, 6) is -0.338. The van der Waals surface area contributed by atoms with Crippen LogP contribution in [0.1, 0.15) is 28.2 Å². The first-order valence-electron chi connectivity index (χ1n) is 7.43. The zero-order valence-corrected chi connectivity index (χ0v) is 14.6. The van der Waals surface area contributed by atoms with E-state index in [9.17, 15) is 9.18 Å². The van der Waals surface area contributed by atoms with Crippen molar-refractivity contribution < 1.29 is 9.18 Å². The molecule has 0 aliphatic carbocycles. The van der Waals surface area contributed by atoms with Crippen LogP contribution in [0.3, 0.4) is 0 Å². The lowest BCUT2D eigenvalue weighted by Crippen LogP contribution is -2.11. The Balaban J connectivity index is 1.55. The normalized spacial score (nSPS) is 11.1. The second-order valence-corrected chi connectivity index (χ2v) is 7.96. The van der Waals surface area contributed by atoms with E-state index in [0.29, 0.717) is 17.1 Å². The summed E-state index contributed by atoms with van der Waals surface area (Å²) in [6.45, 7) is 4.22. The van der Waals surface area contributed by atoms with Gasteiger partial charge in [-0.25, -0.2) is 9.37 Å². The number of aryl methyl sites for hydroxylation is 3. The molecule has 0 saturated carbocycles. The van der Waals surface area contributed by atoms with Crippen molar-refractivity contribution >= 4 is 43.9 Å². The predicted octanol–water partition coefficient (Wildman–Crippen LogP) is 5.08. The van der Waals surface area contributed by atoms with E-state index < -0.39 is 0 Å². The summed E-state index contributed by atoms with van der Waals surface area (Å²) >= 11 is 3.09. The quantitative estimate of drug-likeness (QED) is 0.699. The number of fused-ring (bicyclic) bond motifs is 1. The Morgan fingerprint density at radius 2 is 2.09 bits per heavy atom. The fourth-order valence-electron chi connectivity index (χ4n) is 2.50. The van der Waals surface area contributed by atoms with Gasteiger partial charge in [0.2, 0.25) is 5.91 Å². The fourth-order valence-corrected chi connectivity index (χ4v) is 4.39. The van der Waals surface area contributed by atoms with Gasteiger partial charge in [0.05, 0.1) is 10.2 Å². The van der Waals surface area contributed by atoms with Crippen molar-refractivity contribution in [2.45, 2.75) is 33.1 Å². The molecule has 0 saturated heterocycles. The van der Waals surface area contributed by atoms with Crippen LogP contribution in [-0.2, 0) is 11.2 Å². The van der Waals surface area contributed by atoms with Gasteiger partial charge < -0.3 is 5.32 Å². The maximum absolute atomic E-state index is 13.2. The second kappa shape index (κ2) is 6.76. The van der Waals surface area contributed by atoms with Crippen molar-refractivity contribution in [3.8, 4) is 0 Å². The van der Waals surface area contributed by atoms with Crippen LogP contribution in [-0.4, -0.2) is 10.9 Å². The molecule has 1 amide bonds. The Morgan fingerprint density at radius 1 is 1.26 bits per heavy atom. The number of halogens is 1. The SMILES string of the molecule is Cc1cc(CCCC(=O)Nc2nc3ccc(F)cc3s2)c(C)s1. The van der Waals surface area contributed by atoms with E-state index >= 15 is 0 Å². The highest BCUT2D eigenvalue weighted by Gasteiger charge is 2.09. The van der Waals surface area contributed by atoms with Crippen LogP contribution in [0.25, 0.3) is 10.2 Å². The number of amides is 1. The van der Waals surface area contributed by atoms with Gasteiger partial charge in [-0.1, -0.05) is 11.3 Å². The monoisotopic (exact) mass is 348 g/mol. The van der Waals surface area contributed by atoms with E-state index in [0.717, 1.165) is 17.5 Å². The molecule has 3 nitrogen and oxygen atoms in total. The van der Waals surface area contributed by atoms with Crippen LogP contribution in [0.2, 0.25) is 0 Å². The Morgan fingerprint density at radius 3 is 2.83 bits per heavy atom. The summed E-state index contributed by atoms with van der Waals surface area (Å²) in [6, 6.07) is 6.63. The molecule has 0 radical (unpaired) electrons. The van der Waals surface area contributed by atoms with E-state index in [1.807, 2.05) is 0 Å². The number of nitrogens with zero attached hydrogens (tertiary/aromatic N) is 1. The molecule has 0 unspecified atom stereocenters. The van der Waals surface area contributed by atoms with Gasteiger partial charge >= 0.3 is 0 Å². The molecule has 2 aromatic heterocycles. The maximum Gasteiger partial charge on any atom is 0.226 e. The van der Waals surface area contributed by atoms with Crippen molar-refractivity contribution in [2.75, 3.05) is 5.32 Å². The second-order valence-electron chi connectivity index (χ2n) is 5.47. The molecule has 0 aliphatic rings. The van der Waals surface area contributed by atoms with Crippen LogP contribution in [0.4, 0.5) is 9.52 Å². The first-order valence-corrected chi connectivity index (χ1v) is 9.06. The minimum atomic E-state index is -0.291. The standard InChI is InChI=1S/C17H17FN2OS2/c1-10-8-12(11(2)22-10)4-3-5-16(21)20-17-19-14-7-6-13(18)9-15(14)23-17/h6-9H,3-5H2,1-2H3,(H,19,20,21). The number of hydrogen-bond acceptors (Lipinski definition) is 4. The number of anilines is 1. The van der Waals surface area contributed by atoms with Crippen LogP contribution in [0.15, 0.2) is 24.3 Å². The zero-order valence-electron chi connectivity index (χ0n) is 13.0. The Kier molecular flexibility index (Phi) is 4.73. The van der Waals surface area contributed by atoms with E-state index in [2.05, 4.69) is 30.2 Å². The molecule has 3 rings (SSSR count). The van der Waals surface area contributed by atoms with Crippen molar-refractivity contribution in [1.82, 2.24) is 4.98 Å². The van der Waals surface area contributed by atoms with Crippen LogP contribution in [0.5, 0.6) is 0 Å². The smallest absolute Gasteiger partial charge is 0.226 e. The first kappa shape index (κ1) is 16.1. The van der Waals surface area contributed by atoms with Crippen molar-refractivity contribution in [1.29, 1.82) is 0 Å². The third-order valence-corrected chi connectivity index (χ3v) is 5.53. The van der Waals surface area contributed by atoms with Crippen LogP contribution < -0.4 is 5.32 Å². The Hall–Kier alpha value is -1.79. The van der Waals surface area contributed by atoms with E-state index in [1.165, 1.54) is 38.8 Å².